The minimum absolute atomic E-state index is 0.0712. The van der Waals surface area contributed by atoms with Gasteiger partial charge in [0.1, 0.15) is 0 Å². The van der Waals surface area contributed by atoms with Crippen molar-refractivity contribution in [2.24, 2.45) is 0 Å². The van der Waals surface area contributed by atoms with Crippen LogP contribution < -0.4 is 4.72 Å². The van der Waals surface area contributed by atoms with Crippen LogP contribution in [0.4, 0.5) is 0 Å². The maximum atomic E-state index is 13.0. The van der Waals surface area contributed by atoms with Crippen LogP contribution in [-0.2, 0) is 16.6 Å². The SMILES string of the molecule is CCCN(Cc1ccc(C#N)cc1)C(=O)c1cccc(S(=O)(=O)NC(C)C)c1. The summed E-state index contributed by atoms with van der Waals surface area (Å²) in [5.41, 5.74) is 1.80. The van der Waals surface area contributed by atoms with E-state index >= 15 is 0 Å². The molecule has 0 aliphatic heterocycles. The van der Waals surface area contributed by atoms with Gasteiger partial charge in [-0.15, -0.1) is 0 Å². The lowest BCUT2D eigenvalue weighted by atomic mass is 10.1. The maximum Gasteiger partial charge on any atom is 0.254 e. The topological polar surface area (TPSA) is 90.3 Å². The third-order valence-electron chi connectivity index (χ3n) is 4.02. The van der Waals surface area contributed by atoms with Gasteiger partial charge in [-0.05, 0) is 56.2 Å². The van der Waals surface area contributed by atoms with Gasteiger partial charge in [0.2, 0.25) is 10.0 Å². The first-order valence-electron chi connectivity index (χ1n) is 9.17. The van der Waals surface area contributed by atoms with E-state index in [1.54, 1.807) is 43.0 Å². The molecule has 0 saturated carbocycles. The number of sulfonamides is 1. The zero-order valence-electron chi connectivity index (χ0n) is 16.3. The molecule has 28 heavy (non-hydrogen) atoms. The van der Waals surface area contributed by atoms with Gasteiger partial charge in [0.25, 0.3) is 5.91 Å². The largest absolute Gasteiger partial charge is 0.334 e. The predicted molar refractivity (Wildman–Crippen MR) is 108 cm³/mol. The van der Waals surface area contributed by atoms with Crippen LogP contribution >= 0.6 is 0 Å². The molecule has 6 nitrogen and oxygen atoms in total. The van der Waals surface area contributed by atoms with Crippen molar-refractivity contribution in [2.75, 3.05) is 6.54 Å². The number of rotatable bonds is 8. The fraction of sp³-hybridized carbons (Fsp3) is 0.333. The predicted octanol–water partition coefficient (Wildman–Crippen LogP) is 3.30. The van der Waals surface area contributed by atoms with Crippen molar-refractivity contribution < 1.29 is 13.2 Å². The van der Waals surface area contributed by atoms with E-state index < -0.39 is 10.0 Å². The number of carbonyl (C=O) groups is 1. The monoisotopic (exact) mass is 399 g/mol. The molecule has 2 aromatic carbocycles. The van der Waals surface area contributed by atoms with Crippen molar-refractivity contribution in [3.8, 4) is 6.07 Å². The molecular formula is C21H25N3O3S. The quantitative estimate of drug-likeness (QED) is 0.737. The van der Waals surface area contributed by atoms with Crippen LogP contribution in [0, 0.1) is 11.3 Å². The Morgan fingerprint density at radius 2 is 1.86 bits per heavy atom. The normalized spacial score (nSPS) is 11.2. The Hall–Kier alpha value is -2.69. The number of hydrogen-bond donors (Lipinski definition) is 1. The molecule has 0 radical (unpaired) electrons. The van der Waals surface area contributed by atoms with Gasteiger partial charge in [0.05, 0.1) is 16.5 Å². The average Bonchev–Trinajstić information content (AvgIpc) is 2.67. The molecule has 2 rings (SSSR count). The molecular weight excluding hydrogens is 374 g/mol. The van der Waals surface area contributed by atoms with Gasteiger partial charge in [0, 0.05) is 24.7 Å². The fourth-order valence-electron chi connectivity index (χ4n) is 2.78. The first kappa shape index (κ1) is 21.6. The molecule has 0 aromatic heterocycles. The molecule has 7 heteroatoms. The van der Waals surface area contributed by atoms with E-state index in [0.717, 1.165) is 12.0 Å². The van der Waals surface area contributed by atoms with Crippen molar-refractivity contribution in [3.63, 3.8) is 0 Å². The summed E-state index contributed by atoms with van der Waals surface area (Å²) in [7, 11) is -3.67. The van der Waals surface area contributed by atoms with E-state index in [2.05, 4.69) is 10.8 Å². The highest BCUT2D eigenvalue weighted by atomic mass is 32.2. The van der Waals surface area contributed by atoms with Gasteiger partial charge in [-0.25, -0.2) is 13.1 Å². The lowest BCUT2D eigenvalue weighted by Crippen LogP contribution is -2.32. The zero-order chi connectivity index (χ0) is 20.7. The highest BCUT2D eigenvalue weighted by Gasteiger charge is 2.20. The van der Waals surface area contributed by atoms with E-state index in [1.165, 1.54) is 12.1 Å². The Balaban J connectivity index is 2.27. The Bertz CT molecular complexity index is 961. The average molecular weight is 400 g/mol. The van der Waals surface area contributed by atoms with E-state index in [4.69, 9.17) is 5.26 Å². The summed E-state index contributed by atoms with van der Waals surface area (Å²) < 4.78 is 27.3. The van der Waals surface area contributed by atoms with E-state index in [-0.39, 0.29) is 16.8 Å². The Morgan fingerprint density at radius 1 is 1.18 bits per heavy atom. The highest BCUT2D eigenvalue weighted by Crippen LogP contribution is 2.16. The highest BCUT2D eigenvalue weighted by molar-refractivity contribution is 7.89. The summed E-state index contributed by atoms with van der Waals surface area (Å²) in [6.45, 7) is 6.40. The molecule has 148 valence electrons. The minimum atomic E-state index is -3.67. The molecule has 0 atom stereocenters. The van der Waals surface area contributed by atoms with Crippen LogP contribution in [0.3, 0.4) is 0 Å². The molecule has 0 heterocycles. The summed E-state index contributed by atoms with van der Waals surface area (Å²) in [6.07, 6.45) is 0.773. The van der Waals surface area contributed by atoms with Gasteiger partial charge in [0.15, 0.2) is 0 Å². The number of hydrogen-bond acceptors (Lipinski definition) is 4. The molecule has 0 aliphatic rings. The number of nitriles is 1. The van der Waals surface area contributed by atoms with E-state index in [9.17, 15) is 13.2 Å². The summed E-state index contributed by atoms with van der Waals surface area (Å²) >= 11 is 0. The number of benzene rings is 2. The molecule has 0 aliphatic carbocycles. The molecule has 1 N–H and O–H groups in total. The third-order valence-corrected chi connectivity index (χ3v) is 5.68. The van der Waals surface area contributed by atoms with Crippen LogP contribution in [-0.4, -0.2) is 31.8 Å². The molecule has 1 amide bonds. The molecule has 0 spiro atoms. The van der Waals surface area contributed by atoms with Crippen LogP contribution in [0.15, 0.2) is 53.4 Å². The van der Waals surface area contributed by atoms with Crippen molar-refractivity contribution in [1.82, 2.24) is 9.62 Å². The van der Waals surface area contributed by atoms with Gasteiger partial charge < -0.3 is 4.90 Å². The van der Waals surface area contributed by atoms with Crippen LogP contribution in [0.5, 0.6) is 0 Å². The van der Waals surface area contributed by atoms with Gasteiger partial charge in [-0.2, -0.15) is 5.26 Å². The van der Waals surface area contributed by atoms with Crippen LogP contribution in [0.25, 0.3) is 0 Å². The summed E-state index contributed by atoms with van der Waals surface area (Å²) in [4.78, 5) is 14.8. The van der Waals surface area contributed by atoms with Crippen molar-refractivity contribution in [1.29, 1.82) is 5.26 Å². The zero-order valence-corrected chi connectivity index (χ0v) is 17.2. The second-order valence-corrected chi connectivity index (χ2v) is 8.55. The molecule has 0 fully saturated rings. The Morgan fingerprint density at radius 3 is 2.43 bits per heavy atom. The smallest absolute Gasteiger partial charge is 0.254 e. The minimum Gasteiger partial charge on any atom is -0.334 e. The van der Waals surface area contributed by atoms with Crippen molar-refractivity contribution in [3.05, 3.63) is 65.2 Å². The Labute approximate surface area is 166 Å². The number of nitrogens with zero attached hydrogens (tertiary/aromatic N) is 2. The first-order chi connectivity index (χ1) is 13.3. The fourth-order valence-corrected chi connectivity index (χ4v) is 4.08. The van der Waals surface area contributed by atoms with Gasteiger partial charge in [-0.3, -0.25) is 4.79 Å². The van der Waals surface area contributed by atoms with Crippen molar-refractivity contribution >= 4 is 15.9 Å². The third kappa shape index (κ3) is 5.65. The molecule has 2 aromatic rings. The standard InChI is InChI=1S/C21H25N3O3S/c1-4-12-24(15-18-10-8-17(14-22)9-11-18)21(25)19-6-5-7-20(13-19)28(26,27)23-16(2)3/h5-11,13,16,23H,4,12,15H2,1-3H3. The van der Waals surface area contributed by atoms with Gasteiger partial charge in [-0.1, -0.05) is 25.1 Å². The number of amides is 1. The molecule has 0 unspecified atom stereocenters. The maximum absolute atomic E-state index is 13.0. The Kier molecular flexibility index (Phi) is 7.32. The second kappa shape index (κ2) is 9.49. The summed E-state index contributed by atoms with van der Waals surface area (Å²) in [6, 6.07) is 15.0. The van der Waals surface area contributed by atoms with E-state index in [0.29, 0.717) is 24.2 Å². The molecule has 0 saturated heterocycles. The number of nitrogens with one attached hydrogen (secondary N) is 1. The lowest BCUT2D eigenvalue weighted by Gasteiger charge is -2.23. The van der Waals surface area contributed by atoms with Gasteiger partial charge >= 0.3 is 0 Å². The first-order valence-corrected chi connectivity index (χ1v) is 10.7. The van der Waals surface area contributed by atoms with E-state index in [1.807, 2.05) is 19.1 Å². The number of carbonyl (C=O) groups excluding carboxylic acids is 1. The second-order valence-electron chi connectivity index (χ2n) is 6.84. The van der Waals surface area contributed by atoms with Crippen LogP contribution in [0.2, 0.25) is 0 Å². The summed E-state index contributed by atoms with van der Waals surface area (Å²) in [5, 5.41) is 8.91. The lowest BCUT2D eigenvalue weighted by molar-refractivity contribution is 0.0743. The molecule has 0 bridgehead atoms. The summed E-state index contributed by atoms with van der Waals surface area (Å²) in [5.74, 6) is -0.229. The van der Waals surface area contributed by atoms with Crippen molar-refractivity contribution in [2.45, 2.75) is 44.7 Å². The van der Waals surface area contributed by atoms with Crippen LogP contribution in [0.1, 0.15) is 48.7 Å².